The fraction of sp³-hybridized carbons (Fsp3) is 0.500. The third-order valence-corrected chi connectivity index (χ3v) is 3.59. The van der Waals surface area contributed by atoms with E-state index in [0.717, 1.165) is 19.4 Å². The van der Waals surface area contributed by atoms with Gasteiger partial charge < -0.3 is 4.90 Å². The number of aromatic nitrogens is 5. The van der Waals surface area contributed by atoms with Crippen molar-refractivity contribution in [2.75, 3.05) is 16.9 Å². The van der Waals surface area contributed by atoms with Crippen LogP contribution in [0.25, 0.3) is 5.95 Å². The monoisotopic (exact) mass is 274 g/mol. The Morgan fingerprint density at radius 2 is 2.05 bits per heavy atom. The van der Waals surface area contributed by atoms with E-state index in [-0.39, 0.29) is 5.54 Å². The first-order valence-electron chi connectivity index (χ1n) is 6.60. The smallest absolute Gasteiger partial charge is 0.257 e. The van der Waals surface area contributed by atoms with Gasteiger partial charge in [-0.3, -0.25) is 5.43 Å². The van der Waals surface area contributed by atoms with Gasteiger partial charge in [0.25, 0.3) is 5.95 Å². The van der Waals surface area contributed by atoms with E-state index in [1.807, 2.05) is 6.07 Å². The van der Waals surface area contributed by atoms with Crippen LogP contribution in [0.5, 0.6) is 0 Å². The topological polar surface area (TPSA) is 97.8 Å². The van der Waals surface area contributed by atoms with Crippen molar-refractivity contribution in [2.24, 2.45) is 5.84 Å². The lowest BCUT2D eigenvalue weighted by atomic mass is 10.0. The lowest BCUT2D eigenvalue weighted by molar-refractivity contribution is 0.509. The largest absolute Gasteiger partial charge is 0.336 e. The summed E-state index contributed by atoms with van der Waals surface area (Å²) >= 11 is 0. The molecule has 1 aliphatic rings. The molecule has 0 bridgehead atoms. The van der Waals surface area contributed by atoms with Gasteiger partial charge in [0.2, 0.25) is 11.9 Å². The van der Waals surface area contributed by atoms with Crippen LogP contribution in [0.2, 0.25) is 0 Å². The number of nitrogens with two attached hydrogens (primary N) is 1. The molecule has 0 spiro atoms. The van der Waals surface area contributed by atoms with E-state index < -0.39 is 0 Å². The molecule has 0 unspecified atom stereocenters. The summed E-state index contributed by atoms with van der Waals surface area (Å²) in [5, 5.41) is 4.14. The highest BCUT2D eigenvalue weighted by Gasteiger charge is 2.34. The summed E-state index contributed by atoms with van der Waals surface area (Å²) in [6, 6.07) is 1.82. The lowest BCUT2D eigenvalue weighted by Gasteiger charge is -2.31. The fourth-order valence-corrected chi connectivity index (χ4v) is 2.51. The predicted molar refractivity (Wildman–Crippen MR) is 75.4 cm³/mol. The van der Waals surface area contributed by atoms with Gasteiger partial charge in [-0.2, -0.15) is 20.1 Å². The van der Waals surface area contributed by atoms with Crippen molar-refractivity contribution >= 4 is 11.9 Å². The van der Waals surface area contributed by atoms with Gasteiger partial charge in [-0.15, -0.1) is 0 Å². The van der Waals surface area contributed by atoms with Crippen LogP contribution in [-0.4, -0.2) is 36.8 Å². The van der Waals surface area contributed by atoms with E-state index in [1.165, 1.54) is 0 Å². The van der Waals surface area contributed by atoms with Crippen LogP contribution in [0.15, 0.2) is 18.5 Å². The maximum Gasteiger partial charge on any atom is 0.257 e. The zero-order valence-electron chi connectivity index (χ0n) is 11.6. The zero-order valence-corrected chi connectivity index (χ0v) is 11.6. The third kappa shape index (κ3) is 2.18. The number of nitrogens with one attached hydrogen (secondary N) is 1. The van der Waals surface area contributed by atoms with Gasteiger partial charge in [-0.1, -0.05) is 0 Å². The zero-order chi connectivity index (χ0) is 14.2. The molecule has 1 aliphatic heterocycles. The quantitative estimate of drug-likeness (QED) is 0.628. The number of rotatable bonds is 3. The first-order chi connectivity index (χ1) is 9.60. The molecule has 2 aromatic rings. The molecular formula is C12H18N8. The molecule has 8 heteroatoms. The first-order valence-corrected chi connectivity index (χ1v) is 6.60. The van der Waals surface area contributed by atoms with Gasteiger partial charge in [0.05, 0.1) is 0 Å². The van der Waals surface area contributed by atoms with Gasteiger partial charge in [-0.25, -0.2) is 10.5 Å². The van der Waals surface area contributed by atoms with E-state index in [4.69, 9.17) is 5.84 Å². The summed E-state index contributed by atoms with van der Waals surface area (Å²) in [5.74, 6) is 6.87. The average molecular weight is 274 g/mol. The third-order valence-electron chi connectivity index (χ3n) is 3.59. The molecule has 1 fully saturated rings. The van der Waals surface area contributed by atoms with Crippen molar-refractivity contribution in [3.8, 4) is 5.95 Å². The summed E-state index contributed by atoms with van der Waals surface area (Å²) in [6.45, 7) is 5.30. The molecule has 20 heavy (non-hydrogen) atoms. The number of hydrogen-bond acceptors (Lipinski definition) is 7. The van der Waals surface area contributed by atoms with Crippen molar-refractivity contribution in [3.63, 3.8) is 0 Å². The van der Waals surface area contributed by atoms with Crippen molar-refractivity contribution in [1.29, 1.82) is 0 Å². The lowest BCUT2D eigenvalue weighted by Crippen LogP contribution is -2.39. The van der Waals surface area contributed by atoms with Crippen LogP contribution in [0, 0.1) is 0 Å². The van der Waals surface area contributed by atoms with E-state index in [2.05, 4.69) is 44.2 Å². The van der Waals surface area contributed by atoms with Crippen LogP contribution in [0.4, 0.5) is 11.9 Å². The Morgan fingerprint density at radius 3 is 2.65 bits per heavy atom. The van der Waals surface area contributed by atoms with Crippen LogP contribution < -0.4 is 16.2 Å². The van der Waals surface area contributed by atoms with E-state index in [0.29, 0.717) is 17.8 Å². The Labute approximate surface area is 117 Å². The van der Waals surface area contributed by atoms with Crippen LogP contribution in [0.3, 0.4) is 0 Å². The SMILES string of the molecule is CC1(C)CCCN1c1nc(NN)nc(-n2cccn2)n1. The number of nitrogens with zero attached hydrogens (tertiary/aromatic N) is 6. The molecule has 0 atom stereocenters. The highest BCUT2D eigenvalue weighted by molar-refractivity contribution is 5.42. The molecule has 3 rings (SSSR count). The minimum Gasteiger partial charge on any atom is -0.336 e. The Balaban J connectivity index is 2.05. The summed E-state index contributed by atoms with van der Waals surface area (Å²) in [5.41, 5.74) is 2.53. The molecule has 0 amide bonds. The molecule has 0 aromatic carbocycles. The minimum atomic E-state index is 0.0363. The van der Waals surface area contributed by atoms with Gasteiger partial charge in [0.15, 0.2) is 0 Å². The van der Waals surface area contributed by atoms with E-state index in [9.17, 15) is 0 Å². The second kappa shape index (κ2) is 4.71. The standard InChI is InChI=1S/C12H18N8/c1-12(2)5-3-7-19(12)10-15-9(18-13)16-11(17-10)20-8-4-6-14-20/h4,6,8H,3,5,7,13H2,1-2H3,(H,15,16,17,18). The number of nitrogen functional groups attached to an aromatic ring is 1. The summed E-state index contributed by atoms with van der Waals surface area (Å²) < 4.78 is 1.59. The van der Waals surface area contributed by atoms with Gasteiger partial charge in [0, 0.05) is 24.5 Å². The Bertz CT molecular complexity index is 592. The first kappa shape index (κ1) is 12.8. The molecule has 106 valence electrons. The van der Waals surface area contributed by atoms with Crippen molar-refractivity contribution in [1.82, 2.24) is 24.7 Å². The molecule has 3 N–H and O–H groups in total. The average Bonchev–Trinajstić information content (AvgIpc) is 3.07. The van der Waals surface area contributed by atoms with E-state index >= 15 is 0 Å². The predicted octanol–water partition coefficient (Wildman–Crippen LogP) is 0.722. The van der Waals surface area contributed by atoms with Crippen molar-refractivity contribution in [2.45, 2.75) is 32.2 Å². The molecular weight excluding hydrogens is 256 g/mol. The summed E-state index contributed by atoms with van der Waals surface area (Å²) in [6.07, 6.45) is 5.70. The second-order valence-corrected chi connectivity index (χ2v) is 5.42. The number of anilines is 2. The molecule has 0 radical (unpaired) electrons. The maximum absolute atomic E-state index is 5.46. The normalized spacial score (nSPS) is 17.4. The fourth-order valence-electron chi connectivity index (χ4n) is 2.51. The molecule has 1 saturated heterocycles. The number of hydrogen-bond donors (Lipinski definition) is 2. The van der Waals surface area contributed by atoms with Gasteiger partial charge in [-0.05, 0) is 32.8 Å². The van der Waals surface area contributed by atoms with Crippen molar-refractivity contribution in [3.05, 3.63) is 18.5 Å². The van der Waals surface area contributed by atoms with Crippen LogP contribution >= 0.6 is 0 Å². The Morgan fingerprint density at radius 1 is 1.25 bits per heavy atom. The highest BCUT2D eigenvalue weighted by Crippen LogP contribution is 2.31. The second-order valence-electron chi connectivity index (χ2n) is 5.42. The summed E-state index contributed by atoms with van der Waals surface area (Å²) in [7, 11) is 0. The molecule has 3 heterocycles. The maximum atomic E-state index is 5.46. The van der Waals surface area contributed by atoms with Gasteiger partial charge >= 0.3 is 0 Å². The molecule has 0 aliphatic carbocycles. The summed E-state index contributed by atoms with van der Waals surface area (Å²) in [4.78, 5) is 15.3. The molecule has 8 nitrogen and oxygen atoms in total. The minimum absolute atomic E-state index is 0.0363. The molecule has 0 saturated carbocycles. The highest BCUT2D eigenvalue weighted by atomic mass is 15.4. The Hall–Kier alpha value is -2.22. The van der Waals surface area contributed by atoms with Crippen LogP contribution in [0.1, 0.15) is 26.7 Å². The van der Waals surface area contributed by atoms with Crippen LogP contribution in [-0.2, 0) is 0 Å². The Kier molecular flexibility index (Phi) is 3.01. The van der Waals surface area contributed by atoms with Gasteiger partial charge in [0.1, 0.15) is 0 Å². The molecule has 2 aromatic heterocycles. The van der Waals surface area contributed by atoms with Crippen molar-refractivity contribution < 1.29 is 0 Å². The number of hydrazine groups is 1. The van der Waals surface area contributed by atoms with E-state index in [1.54, 1.807) is 17.1 Å².